The molecule has 0 spiro atoms. The largest absolute Gasteiger partial charge is 0.370 e. The number of carbonyl (C=O) groups is 1. The molecule has 0 saturated carbocycles. The zero-order valence-corrected chi connectivity index (χ0v) is 26.5. The van der Waals surface area contributed by atoms with E-state index >= 15 is 0 Å². The lowest BCUT2D eigenvalue weighted by Crippen LogP contribution is -2.47. The number of hydrogen-bond acceptors (Lipinski definition) is 3. The van der Waals surface area contributed by atoms with E-state index in [9.17, 15) is 4.79 Å². The molecule has 2 aliphatic rings. The summed E-state index contributed by atoms with van der Waals surface area (Å²) in [6, 6.07) is 28.1. The van der Waals surface area contributed by atoms with Crippen LogP contribution in [0.15, 0.2) is 90.5 Å². The molecule has 0 N–H and O–H groups in total. The van der Waals surface area contributed by atoms with Crippen LogP contribution in [0, 0.1) is 0 Å². The minimum Gasteiger partial charge on any atom is -0.370 e. The molecule has 43 heavy (non-hydrogen) atoms. The van der Waals surface area contributed by atoms with Gasteiger partial charge in [-0.3, -0.25) is 9.69 Å². The standard InChI is InChI=1S/C39H51N3O/c1-3-4-7-12-32-17-21-36(22-18-32)39(43)42(38-25-27-41(28-26-38)30-34-15-10-6-11-16-34)31-35-19-23-37(24-20-35)40(2)29-33-13-8-5-9-14-33/h5,8-9,13-15,17-24,38H,3-4,6-7,10-12,16,25-31H2,1-2H3. The van der Waals surface area contributed by atoms with Gasteiger partial charge in [-0.2, -0.15) is 0 Å². The van der Waals surface area contributed by atoms with E-state index in [1.807, 2.05) is 0 Å². The second-order valence-electron chi connectivity index (χ2n) is 12.7. The van der Waals surface area contributed by atoms with Crippen molar-refractivity contribution in [2.75, 3.05) is 31.6 Å². The summed E-state index contributed by atoms with van der Waals surface area (Å²) in [5.41, 5.74) is 7.44. The van der Waals surface area contributed by atoms with Crippen molar-refractivity contribution < 1.29 is 4.79 Å². The Bertz CT molecular complexity index is 1290. The van der Waals surface area contributed by atoms with Crippen molar-refractivity contribution in [1.82, 2.24) is 9.80 Å². The van der Waals surface area contributed by atoms with Crippen LogP contribution in [0.2, 0.25) is 0 Å². The Morgan fingerprint density at radius 3 is 2.19 bits per heavy atom. The lowest BCUT2D eigenvalue weighted by Gasteiger charge is -2.39. The Balaban J connectivity index is 1.27. The number of nitrogens with zero attached hydrogens (tertiary/aromatic N) is 3. The van der Waals surface area contributed by atoms with Crippen LogP contribution in [0.4, 0.5) is 5.69 Å². The molecular weight excluding hydrogens is 526 g/mol. The molecule has 4 heteroatoms. The Labute approximate surface area is 260 Å². The van der Waals surface area contributed by atoms with Gasteiger partial charge in [0.05, 0.1) is 0 Å². The number of allylic oxidation sites excluding steroid dienone is 1. The first-order valence-electron chi connectivity index (χ1n) is 16.7. The normalized spacial score (nSPS) is 16.1. The van der Waals surface area contributed by atoms with Crippen LogP contribution in [-0.2, 0) is 19.5 Å². The molecule has 3 aromatic rings. The number of aryl methyl sites for hydroxylation is 1. The summed E-state index contributed by atoms with van der Waals surface area (Å²) in [7, 11) is 2.14. The van der Waals surface area contributed by atoms with Gasteiger partial charge in [-0.05, 0) is 92.3 Å². The summed E-state index contributed by atoms with van der Waals surface area (Å²) in [5, 5.41) is 0. The molecule has 228 valence electrons. The molecule has 1 saturated heterocycles. The van der Waals surface area contributed by atoms with Gasteiger partial charge in [0, 0.05) is 57.1 Å². The fourth-order valence-corrected chi connectivity index (χ4v) is 6.65. The van der Waals surface area contributed by atoms with Gasteiger partial charge >= 0.3 is 0 Å². The monoisotopic (exact) mass is 577 g/mol. The molecule has 0 aromatic heterocycles. The van der Waals surface area contributed by atoms with Crippen molar-refractivity contribution in [3.05, 3.63) is 113 Å². The number of anilines is 1. The molecule has 1 heterocycles. The molecule has 0 radical (unpaired) electrons. The summed E-state index contributed by atoms with van der Waals surface area (Å²) in [6.45, 7) is 6.99. The molecule has 3 aromatic carbocycles. The molecular formula is C39H51N3O. The molecule has 1 amide bonds. The van der Waals surface area contributed by atoms with Crippen LogP contribution in [0.25, 0.3) is 0 Å². The first-order chi connectivity index (χ1) is 21.1. The summed E-state index contributed by atoms with van der Waals surface area (Å²) in [6.07, 6.45) is 14.5. The quantitative estimate of drug-likeness (QED) is 0.150. The zero-order valence-electron chi connectivity index (χ0n) is 26.5. The Hall–Kier alpha value is -3.37. The topological polar surface area (TPSA) is 26.8 Å². The van der Waals surface area contributed by atoms with E-state index in [0.717, 1.165) is 51.0 Å². The van der Waals surface area contributed by atoms with Crippen molar-refractivity contribution in [1.29, 1.82) is 0 Å². The average Bonchev–Trinajstić information content (AvgIpc) is 3.05. The van der Waals surface area contributed by atoms with E-state index in [2.05, 4.69) is 114 Å². The van der Waals surface area contributed by atoms with Gasteiger partial charge in [-0.1, -0.05) is 86.0 Å². The molecule has 0 atom stereocenters. The fraction of sp³-hybridized carbons (Fsp3) is 0.462. The Morgan fingerprint density at radius 1 is 0.814 bits per heavy atom. The molecule has 1 aliphatic heterocycles. The number of piperidine rings is 1. The lowest BCUT2D eigenvalue weighted by molar-refractivity contribution is 0.0556. The van der Waals surface area contributed by atoms with E-state index in [0.29, 0.717) is 6.54 Å². The smallest absolute Gasteiger partial charge is 0.254 e. The zero-order chi connectivity index (χ0) is 29.9. The maximum Gasteiger partial charge on any atom is 0.254 e. The third-order valence-electron chi connectivity index (χ3n) is 9.33. The summed E-state index contributed by atoms with van der Waals surface area (Å²) in [5.74, 6) is 0.166. The lowest BCUT2D eigenvalue weighted by atomic mass is 9.96. The summed E-state index contributed by atoms with van der Waals surface area (Å²) in [4.78, 5) is 21.2. The average molecular weight is 578 g/mol. The molecule has 4 nitrogen and oxygen atoms in total. The third kappa shape index (κ3) is 9.06. The summed E-state index contributed by atoms with van der Waals surface area (Å²) < 4.78 is 0. The van der Waals surface area contributed by atoms with Crippen LogP contribution < -0.4 is 4.90 Å². The van der Waals surface area contributed by atoms with Gasteiger partial charge in [0.15, 0.2) is 0 Å². The third-order valence-corrected chi connectivity index (χ3v) is 9.33. The maximum absolute atomic E-state index is 14.1. The second kappa shape index (κ2) is 15.9. The van der Waals surface area contributed by atoms with Crippen molar-refractivity contribution in [3.8, 4) is 0 Å². The minimum absolute atomic E-state index is 0.166. The SMILES string of the molecule is CCCCCc1ccc(C(=O)N(Cc2ccc(N(C)Cc3ccccc3)cc2)C2CCN(CC3=CCCCC3)CC2)cc1. The van der Waals surface area contributed by atoms with Crippen LogP contribution in [-0.4, -0.2) is 48.4 Å². The number of unbranched alkanes of at least 4 members (excludes halogenated alkanes) is 2. The van der Waals surface area contributed by atoms with Crippen LogP contribution in [0.1, 0.15) is 91.8 Å². The molecule has 1 fully saturated rings. The highest BCUT2D eigenvalue weighted by atomic mass is 16.2. The Kier molecular flexibility index (Phi) is 11.5. The second-order valence-corrected chi connectivity index (χ2v) is 12.7. The van der Waals surface area contributed by atoms with Crippen molar-refractivity contribution >= 4 is 11.6 Å². The van der Waals surface area contributed by atoms with Gasteiger partial charge in [0.25, 0.3) is 5.91 Å². The minimum atomic E-state index is 0.166. The van der Waals surface area contributed by atoms with Gasteiger partial charge in [-0.25, -0.2) is 0 Å². The molecule has 5 rings (SSSR count). The van der Waals surface area contributed by atoms with Crippen LogP contribution >= 0.6 is 0 Å². The fourth-order valence-electron chi connectivity index (χ4n) is 6.65. The number of amides is 1. The predicted molar refractivity (Wildman–Crippen MR) is 181 cm³/mol. The van der Waals surface area contributed by atoms with Crippen molar-refractivity contribution in [2.24, 2.45) is 0 Å². The van der Waals surface area contributed by atoms with Crippen molar-refractivity contribution in [2.45, 2.75) is 90.3 Å². The van der Waals surface area contributed by atoms with Gasteiger partial charge < -0.3 is 9.80 Å². The highest BCUT2D eigenvalue weighted by Gasteiger charge is 2.29. The number of carbonyl (C=O) groups excluding carboxylic acids is 1. The molecule has 0 unspecified atom stereocenters. The van der Waals surface area contributed by atoms with E-state index < -0.39 is 0 Å². The first kappa shape index (κ1) is 31.1. The number of benzene rings is 3. The van der Waals surface area contributed by atoms with E-state index in [-0.39, 0.29) is 11.9 Å². The van der Waals surface area contributed by atoms with Crippen LogP contribution in [0.5, 0.6) is 0 Å². The van der Waals surface area contributed by atoms with E-state index in [1.165, 1.54) is 67.3 Å². The first-order valence-corrected chi connectivity index (χ1v) is 16.7. The molecule has 1 aliphatic carbocycles. The van der Waals surface area contributed by atoms with E-state index in [4.69, 9.17) is 0 Å². The Morgan fingerprint density at radius 2 is 1.51 bits per heavy atom. The number of hydrogen-bond donors (Lipinski definition) is 0. The van der Waals surface area contributed by atoms with E-state index in [1.54, 1.807) is 5.57 Å². The molecule has 0 bridgehead atoms. The van der Waals surface area contributed by atoms with Crippen molar-refractivity contribution in [3.63, 3.8) is 0 Å². The van der Waals surface area contributed by atoms with Gasteiger partial charge in [0.1, 0.15) is 0 Å². The van der Waals surface area contributed by atoms with Gasteiger partial charge in [0.2, 0.25) is 0 Å². The number of likely N-dealkylation sites (tertiary alicyclic amines) is 1. The van der Waals surface area contributed by atoms with Crippen LogP contribution in [0.3, 0.4) is 0 Å². The maximum atomic E-state index is 14.1. The highest BCUT2D eigenvalue weighted by Crippen LogP contribution is 2.26. The highest BCUT2D eigenvalue weighted by molar-refractivity contribution is 5.94. The predicted octanol–water partition coefficient (Wildman–Crippen LogP) is 8.66. The van der Waals surface area contributed by atoms with Gasteiger partial charge in [-0.15, -0.1) is 0 Å². The number of rotatable bonds is 13. The summed E-state index contributed by atoms with van der Waals surface area (Å²) >= 11 is 0.